The molecule has 2 rings (SSSR count). The molecule has 0 amide bonds. The van der Waals surface area contributed by atoms with Crippen LogP contribution in [-0.2, 0) is 0 Å². The van der Waals surface area contributed by atoms with Crippen LogP contribution in [0.25, 0.3) is 0 Å². The SMILES string of the molecule is CC(C)C1(O)CN(c2ncc(F)cn2)C1. The van der Waals surface area contributed by atoms with Crippen molar-refractivity contribution in [2.24, 2.45) is 5.92 Å². The van der Waals surface area contributed by atoms with Gasteiger partial charge in [-0.15, -0.1) is 0 Å². The molecule has 0 radical (unpaired) electrons. The molecule has 0 atom stereocenters. The van der Waals surface area contributed by atoms with Crippen LogP contribution in [-0.4, -0.2) is 33.8 Å². The fourth-order valence-electron chi connectivity index (χ4n) is 1.59. The normalized spacial score (nSPS) is 19.1. The van der Waals surface area contributed by atoms with Crippen LogP contribution < -0.4 is 4.90 Å². The van der Waals surface area contributed by atoms with Gasteiger partial charge in [-0.25, -0.2) is 14.4 Å². The molecule has 0 aromatic carbocycles. The van der Waals surface area contributed by atoms with Gasteiger partial charge in [-0.2, -0.15) is 0 Å². The van der Waals surface area contributed by atoms with Gasteiger partial charge in [-0.1, -0.05) is 13.8 Å². The quantitative estimate of drug-likeness (QED) is 0.787. The second-order valence-electron chi connectivity index (χ2n) is 4.32. The van der Waals surface area contributed by atoms with Crippen molar-refractivity contribution >= 4 is 5.95 Å². The van der Waals surface area contributed by atoms with Crippen LogP contribution >= 0.6 is 0 Å². The van der Waals surface area contributed by atoms with Crippen LogP contribution in [0.15, 0.2) is 12.4 Å². The molecule has 0 aliphatic carbocycles. The van der Waals surface area contributed by atoms with E-state index in [1.165, 1.54) is 0 Å². The Morgan fingerprint density at radius 3 is 2.40 bits per heavy atom. The molecule has 15 heavy (non-hydrogen) atoms. The van der Waals surface area contributed by atoms with Crippen LogP contribution in [0.2, 0.25) is 0 Å². The fourth-order valence-corrected chi connectivity index (χ4v) is 1.59. The maximum Gasteiger partial charge on any atom is 0.225 e. The van der Waals surface area contributed by atoms with E-state index < -0.39 is 11.4 Å². The standard InChI is InChI=1S/C10H14FN3O/c1-7(2)10(15)5-14(6-10)9-12-3-8(11)4-13-9/h3-4,7,15H,5-6H2,1-2H3. The van der Waals surface area contributed by atoms with Gasteiger partial charge in [0.2, 0.25) is 5.95 Å². The van der Waals surface area contributed by atoms with Crippen molar-refractivity contribution in [3.05, 3.63) is 18.2 Å². The molecule has 1 N–H and O–H groups in total. The third-order valence-electron chi connectivity index (χ3n) is 2.89. The zero-order chi connectivity index (χ0) is 11.1. The Labute approximate surface area is 87.8 Å². The lowest BCUT2D eigenvalue weighted by atomic mass is 9.83. The highest BCUT2D eigenvalue weighted by atomic mass is 19.1. The Kier molecular flexibility index (Phi) is 2.34. The second kappa shape index (κ2) is 3.41. The van der Waals surface area contributed by atoms with E-state index in [2.05, 4.69) is 9.97 Å². The first-order chi connectivity index (χ1) is 7.01. The Bertz CT molecular complexity index is 346. The lowest BCUT2D eigenvalue weighted by Crippen LogP contribution is -2.65. The number of rotatable bonds is 2. The smallest absolute Gasteiger partial charge is 0.225 e. The van der Waals surface area contributed by atoms with Crippen molar-refractivity contribution in [1.29, 1.82) is 0 Å². The molecule has 0 unspecified atom stereocenters. The van der Waals surface area contributed by atoms with Crippen LogP contribution in [0.3, 0.4) is 0 Å². The van der Waals surface area contributed by atoms with Gasteiger partial charge in [-0.3, -0.25) is 0 Å². The zero-order valence-corrected chi connectivity index (χ0v) is 8.81. The summed E-state index contributed by atoms with van der Waals surface area (Å²) in [6, 6.07) is 0. The van der Waals surface area contributed by atoms with E-state index in [4.69, 9.17) is 0 Å². The third-order valence-corrected chi connectivity index (χ3v) is 2.89. The molecule has 1 saturated heterocycles. The Morgan fingerprint density at radius 2 is 1.93 bits per heavy atom. The molecule has 1 aliphatic rings. The van der Waals surface area contributed by atoms with Gasteiger partial charge in [0.25, 0.3) is 0 Å². The molecule has 4 nitrogen and oxygen atoms in total. The molecular weight excluding hydrogens is 197 g/mol. The molecular formula is C10H14FN3O. The van der Waals surface area contributed by atoms with E-state index in [0.717, 1.165) is 12.4 Å². The molecule has 1 fully saturated rings. The molecule has 5 heteroatoms. The minimum absolute atomic E-state index is 0.203. The van der Waals surface area contributed by atoms with E-state index in [1.54, 1.807) is 0 Å². The van der Waals surface area contributed by atoms with Crippen molar-refractivity contribution < 1.29 is 9.50 Å². The van der Waals surface area contributed by atoms with Crippen molar-refractivity contribution in [2.75, 3.05) is 18.0 Å². The average molecular weight is 211 g/mol. The summed E-state index contributed by atoms with van der Waals surface area (Å²) in [4.78, 5) is 9.54. The average Bonchev–Trinajstić information content (AvgIpc) is 2.14. The topological polar surface area (TPSA) is 49.2 Å². The Morgan fingerprint density at radius 1 is 1.40 bits per heavy atom. The summed E-state index contributed by atoms with van der Waals surface area (Å²) in [5, 5.41) is 10.0. The summed E-state index contributed by atoms with van der Waals surface area (Å²) in [5.74, 6) is 0.231. The molecule has 0 saturated carbocycles. The molecule has 0 spiro atoms. The maximum absolute atomic E-state index is 12.6. The van der Waals surface area contributed by atoms with Crippen LogP contribution in [0.1, 0.15) is 13.8 Å². The number of hydrogen-bond acceptors (Lipinski definition) is 4. The number of halogens is 1. The van der Waals surface area contributed by atoms with Gasteiger partial charge in [0.05, 0.1) is 25.5 Å². The Balaban J connectivity index is 2.03. The van der Waals surface area contributed by atoms with Crippen molar-refractivity contribution in [1.82, 2.24) is 9.97 Å². The van der Waals surface area contributed by atoms with E-state index in [1.807, 2.05) is 18.7 Å². The third kappa shape index (κ3) is 1.79. The summed E-state index contributed by atoms with van der Waals surface area (Å²) < 4.78 is 12.6. The van der Waals surface area contributed by atoms with Gasteiger partial charge < -0.3 is 10.0 Å². The van der Waals surface area contributed by atoms with Gasteiger partial charge in [0.1, 0.15) is 5.60 Å². The lowest BCUT2D eigenvalue weighted by molar-refractivity contribution is -0.0308. The van der Waals surface area contributed by atoms with Crippen LogP contribution in [0.5, 0.6) is 0 Å². The van der Waals surface area contributed by atoms with Crippen LogP contribution in [0.4, 0.5) is 10.3 Å². The largest absolute Gasteiger partial charge is 0.386 e. The first kappa shape index (κ1) is 10.3. The molecule has 1 aliphatic heterocycles. The summed E-state index contributed by atoms with van der Waals surface area (Å²) in [7, 11) is 0. The summed E-state index contributed by atoms with van der Waals surface area (Å²) in [6.45, 7) is 4.97. The number of β-amino-alcohol motifs (C(OH)–C–C–N with tert-alkyl or cyclic N) is 1. The number of hydrogen-bond donors (Lipinski definition) is 1. The number of nitrogens with zero attached hydrogens (tertiary/aromatic N) is 3. The van der Waals surface area contributed by atoms with Gasteiger partial charge >= 0.3 is 0 Å². The second-order valence-corrected chi connectivity index (χ2v) is 4.32. The first-order valence-electron chi connectivity index (χ1n) is 4.96. The van der Waals surface area contributed by atoms with E-state index >= 15 is 0 Å². The highest BCUT2D eigenvalue weighted by Crippen LogP contribution is 2.30. The van der Waals surface area contributed by atoms with E-state index in [-0.39, 0.29) is 5.92 Å². The molecule has 0 bridgehead atoms. The lowest BCUT2D eigenvalue weighted by Gasteiger charge is -2.48. The number of anilines is 1. The predicted molar refractivity (Wildman–Crippen MR) is 54.0 cm³/mol. The highest BCUT2D eigenvalue weighted by molar-refractivity contribution is 5.36. The Hall–Kier alpha value is -1.23. The van der Waals surface area contributed by atoms with Crippen molar-refractivity contribution in [3.63, 3.8) is 0 Å². The fraction of sp³-hybridized carbons (Fsp3) is 0.600. The number of aliphatic hydroxyl groups is 1. The van der Waals surface area contributed by atoms with Gasteiger partial charge in [0, 0.05) is 0 Å². The van der Waals surface area contributed by atoms with Crippen molar-refractivity contribution in [3.8, 4) is 0 Å². The maximum atomic E-state index is 12.6. The minimum Gasteiger partial charge on any atom is -0.386 e. The minimum atomic E-state index is -0.655. The molecule has 82 valence electrons. The molecule has 1 aromatic rings. The zero-order valence-electron chi connectivity index (χ0n) is 8.81. The molecule has 1 aromatic heterocycles. The van der Waals surface area contributed by atoms with Crippen molar-refractivity contribution in [2.45, 2.75) is 19.4 Å². The van der Waals surface area contributed by atoms with Crippen LogP contribution in [0, 0.1) is 11.7 Å². The van der Waals surface area contributed by atoms with E-state index in [0.29, 0.717) is 19.0 Å². The monoisotopic (exact) mass is 211 g/mol. The number of aromatic nitrogens is 2. The van der Waals surface area contributed by atoms with E-state index in [9.17, 15) is 9.50 Å². The van der Waals surface area contributed by atoms with Gasteiger partial charge in [-0.05, 0) is 5.92 Å². The summed E-state index contributed by atoms with van der Waals surface area (Å²) in [6.07, 6.45) is 2.27. The predicted octanol–water partition coefficient (Wildman–Crippen LogP) is 0.823. The summed E-state index contributed by atoms with van der Waals surface area (Å²) >= 11 is 0. The first-order valence-corrected chi connectivity index (χ1v) is 4.96. The highest BCUT2D eigenvalue weighted by Gasteiger charge is 2.44. The summed E-state index contributed by atoms with van der Waals surface area (Å²) in [5.41, 5.74) is -0.655. The van der Waals surface area contributed by atoms with Gasteiger partial charge in [0.15, 0.2) is 5.82 Å². The molecule has 2 heterocycles.